The zero-order chi connectivity index (χ0) is 20.3. The van der Waals surface area contributed by atoms with E-state index in [0.29, 0.717) is 23.6 Å². The van der Waals surface area contributed by atoms with E-state index in [1.54, 1.807) is 19.1 Å². The van der Waals surface area contributed by atoms with Crippen molar-refractivity contribution in [3.05, 3.63) is 41.0 Å². The molecule has 0 radical (unpaired) electrons. The second-order valence-corrected chi connectivity index (χ2v) is 7.29. The maximum absolute atomic E-state index is 11.8. The molecule has 2 rings (SSSR count). The highest BCUT2D eigenvalue weighted by atomic mass is 16.5. The van der Waals surface area contributed by atoms with Gasteiger partial charge in [0.2, 0.25) is 0 Å². The monoisotopic (exact) mass is 371 g/mol. The quantitative estimate of drug-likeness (QED) is 0.297. The van der Waals surface area contributed by atoms with Gasteiger partial charge in [-0.2, -0.15) is 0 Å². The first-order valence-corrected chi connectivity index (χ1v) is 9.30. The molecule has 0 unspecified atom stereocenters. The van der Waals surface area contributed by atoms with Crippen LogP contribution in [0.2, 0.25) is 0 Å². The Morgan fingerprint density at radius 1 is 1.15 bits per heavy atom. The number of rotatable bonds is 6. The molecule has 0 aliphatic heterocycles. The van der Waals surface area contributed by atoms with E-state index in [-0.39, 0.29) is 23.6 Å². The third kappa shape index (κ3) is 4.54. The van der Waals surface area contributed by atoms with Crippen molar-refractivity contribution in [2.24, 2.45) is 0 Å². The molecule has 5 heteroatoms. The van der Waals surface area contributed by atoms with E-state index in [1.807, 2.05) is 13.0 Å². The first-order chi connectivity index (χ1) is 12.6. The Bertz CT molecular complexity index is 841. The topological polar surface area (TPSA) is 81.8 Å². The summed E-state index contributed by atoms with van der Waals surface area (Å²) in [6, 6.07) is 6.72. The van der Waals surface area contributed by atoms with Crippen molar-refractivity contribution in [3.8, 4) is 23.0 Å². The fourth-order valence-electron chi connectivity index (χ4n) is 3.02. The number of hydrogen-bond acceptors (Lipinski definition) is 5. The Labute approximate surface area is 161 Å². The summed E-state index contributed by atoms with van der Waals surface area (Å²) in [5, 5.41) is 9.90. The number of ether oxygens (including phenoxy) is 2. The number of benzene rings is 2. The molecule has 0 fully saturated rings. The molecular weight excluding hydrogens is 342 g/mol. The maximum Gasteiger partial charge on any atom is 0.310 e. The Morgan fingerprint density at radius 2 is 1.81 bits per heavy atom. The van der Waals surface area contributed by atoms with Gasteiger partial charge in [0.15, 0.2) is 0 Å². The summed E-state index contributed by atoms with van der Waals surface area (Å²) in [6.07, 6.45) is 0.316. The van der Waals surface area contributed by atoms with E-state index in [1.165, 1.54) is 6.07 Å². The van der Waals surface area contributed by atoms with Crippen LogP contribution in [0.3, 0.4) is 0 Å². The molecule has 0 aromatic heterocycles. The van der Waals surface area contributed by atoms with Crippen LogP contribution in [0.5, 0.6) is 23.0 Å². The molecule has 3 N–H and O–H groups in total. The number of carbonyl (C=O) groups excluding carboxylic acids is 1. The smallest absolute Gasteiger partial charge is 0.310 e. The highest BCUT2D eigenvalue weighted by Crippen LogP contribution is 2.44. The third-order valence-electron chi connectivity index (χ3n) is 4.50. The molecule has 27 heavy (non-hydrogen) atoms. The number of hydrogen-bond donors (Lipinski definition) is 2. The SMILES string of the molecule is CCC(=O)Oc1cc(C(C)C)c(Oc2ccc(N)c(O)c2)c(C(C)C)c1C. The summed E-state index contributed by atoms with van der Waals surface area (Å²) in [4.78, 5) is 11.8. The van der Waals surface area contributed by atoms with Gasteiger partial charge >= 0.3 is 5.97 Å². The summed E-state index contributed by atoms with van der Waals surface area (Å²) in [5.41, 5.74) is 8.79. The molecule has 0 bridgehead atoms. The second kappa shape index (κ2) is 8.33. The number of esters is 1. The van der Waals surface area contributed by atoms with Crippen LogP contribution in [0.15, 0.2) is 24.3 Å². The van der Waals surface area contributed by atoms with Gasteiger partial charge in [-0.1, -0.05) is 34.6 Å². The van der Waals surface area contributed by atoms with Crippen LogP contribution < -0.4 is 15.2 Å². The van der Waals surface area contributed by atoms with E-state index >= 15 is 0 Å². The average molecular weight is 371 g/mol. The van der Waals surface area contributed by atoms with E-state index in [4.69, 9.17) is 15.2 Å². The van der Waals surface area contributed by atoms with Crippen molar-refractivity contribution in [3.63, 3.8) is 0 Å². The zero-order valence-corrected chi connectivity index (χ0v) is 16.9. The van der Waals surface area contributed by atoms with Gasteiger partial charge in [-0.15, -0.1) is 0 Å². The first kappa shape index (κ1) is 20.6. The van der Waals surface area contributed by atoms with E-state index < -0.39 is 0 Å². The Kier molecular flexibility index (Phi) is 6.37. The Morgan fingerprint density at radius 3 is 2.33 bits per heavy atom. The molecule has 0 atom stereocenters. The number of carbonyl (C=O) groups is 1. The predicted octanol–water partition coefficient (Wildman–Crippen LogP) is 5.64. The Balaban J connectivity index is 2.64. The molecular formula is C22H29NO4. The molecule has 0 heterocycles. The first-order valence-electron chi connectivity index (χ1n) is 9.30. The molecule has 2 aromatic carbocycles. The number of aromatic hydroxyl groups is 1. The minimum absolute atomic E-state index is 0.0186. The number of nitrogen functional groups attached to an aromatic ring is 1. The minimum atomic E-state index is -0.264. The van der Waals surface area contributed by atoms with Crippen LogP contribution in [-0.2, 0) is 4.79 Å². The Hall–Kier alpha value is -2.69. The largest absolute Gasteiger partial charge is 0.506 e. The van der Waals surface area contributed by atoms with Crippen LogP contribution >= 0.6 is 0 Å². The molecule has 0 amide bonds. The van der Waals surface area contributed by atoms with E-state index in [0.717, 1.165) is 22.4 Å². The molecule has 5 nitrogen and oxygen atoms in total. The normalized spacial score (nSPS) is 11.1. The second-order valence-electron chi connectivity index (χ2n) is 7.29. The van der Waals surface area contributed by atoms with Gasteiger partial charge in [0, 0.05) is 23.6 Å². The van der Waals surface area contributed by atoms with Crippen LogP contribution in [0.4, 0.5) is 5.69 Å². The van der Waals surface area contributed by atoms with Crippen molar-refractivity contribution in [1.29, 1.82) is 0 Å². The van der Waals surface area contributed by atoms with Gasteiger partial charge in [-0.25, -0.2) is 0 Å². The van der Waals surface area contributed by atoms with Crippen molar-refractivity contribution < 1.29 is 19.4 Å². The summed E-state index contributed by atoms with van der Waals surface area (Å²) in [6.45, 7) is 12.0. The molecule has 0 saturated carbocycles. The summed E-state index contributed by atoms with van der Waals surface area (Å²) < 4.78 is 11.8. The predicted molar refractivity (Wildman–Crippen MR) is 108 cm³/mol. The zero-order valence-electron chi connectivity index (χ0n) is 16.9. The van der Waals surface area contributed by atoms with Crippen LogP contribution in [0.25, 0.3) is 0 Å². The van der Waals surface area contributed by atoms with Gasteiger partial charge in [0.1, 0.15) is 23.0 Å². The molecule has 2 aromatic rings. The van der Waals surface area contributed by atoms with Crippen molar-refractivity contribution in [1.82, 2.24) is 0 Å². The van der Waals surface area contributed by atoms with E-state index in [9.17, 15) is 9.90 Å². The lowest BCUT2D eigenvalue weighted by atomic mass is 9.89. The van der Waals surface area contributed by atoms with Gasteiger partial charge in [0.25, 0.3) is 0 Å². The number of phenols is 1. The van der Waals surface area contributed by atoms with Crippen molar-refractivity contribution in [2.75, 3.05) is 5.73 Å². The maximum atomic E-state index is 11.8. The molecule has 0 saturated heterocycles. The third-order valence-corrected chi connectivity index (χ3v) is 4.50. The highest BCUT2D eigenvalue weighted by molar-refractivity contribution is 5.73. The fourth-order valence-corrected chi connectivity index (χ4v) is 3.02. The van der Waals surface area contributed by atoms with Gasteiger partial charge < -0.3 is 20.3 Å². The standard InChI is InChI=1S/C22H29NO4/c1-7-20(25)27-19-11-16(12(2)3)22(21(13(4)5)14(19)6)26-15-8-9-17(23)18(24)10-15/h8-13,24H,7,23H2,1-6H3. The fraction of sp³-hybridized carbons (Fsp3) is 0.409. The summed E-state index contributed by atoms with van der Waals surface area (Å²) in [5.74, 6) is 1.83. The number of phenolic OH excluding ortho intramolecular Hbond substituents is 1. The molecule has 0 aliphatic carbocycles. The molecule has 0 aliphatic rings. The van der Waals surface area contributed by atoms with Gasteiger partial charge in [-0.3, -0.25) is 4.79 Å². The number of nitrogens with two attached hydrogens (primary N) is 1. The van der Waals surface area contributed by atoms with Crippen LogP contribution in [-0.4, -0.2) is 11.1 Å². The van der Waals surface area contributed by atoms with Crippen molar-refractivity contribution >= 4 is 11.7 Å². The lowest BCUT2D eigenvalue weighted by molar-refractivity contribution is -0.134. The molecule has 146 valence electrons. The van der Waals surface area contributed by atoms with Crippen molar-refractivity contribution in [2.45, 2.75) is 59.8 Å². The van der Waals surface area contributed by atoms with E-state index in [2.05, 4.69) is 27.7 Å². The summed E-state index contributed by atoms with van der Waals surface area (Å²) >= 11 is 0. The van der Waals surface area contributed by atoms with Gasteiger partial charge in [0.05, 0.1) is 5.69 Å². The highest BCUT2D eigenvalue weighted by Gasteiger charge is 2.23. The minimum Gasteiger partial charge on any atom is -0.506 e. The van der Waals surface area contributed by atoms with Crippen LogP contribution in [0.1, 0.15) is 69.6 Å². The molecule has 0 spiro atoms. The summed E-state index contributed by atoms with van der Waals surface area (Å²) in [7, 11) is 0. The number of anilines is 1. The lowest BCUT2D eigenvalue weighted by Crippen LogP contribution is -2.10. The average Bonchev–Trinajstić information content (AvgIpc) is 2.59. The lowest BCUT2D eigenvalue weighted by Gasteiger charge is -2.24. The van der Waals surface area contributed by atoms with Crippen LogP contribution in [0, 0.1) is 6.92 Å². The van der Waals surface area contributed by atoms with Gasteiger partial charge in [-0.05, 0) is 42.5 Å².